The number of fused-ring (bicyclic) bond motifs is 2. The zero-order chi connectivity index (χ0) is 9.97. The van der Waals surface area contributed by atoms with E-state index < -0.39 is 0 Å². The van der Waals surface area contributed by atoms with Gasteiger partial charge in [0.25, 0.3) is 0 Å². The van der Waals surface area contributed by atoms with E-state index >= 15 is 0 Å². The third kappa shape index (κ3) is 1.84. The summed E-state index contributed by atoms with van der Waals surface area (Å²) in [5.41, 5.74) is 2.26. The minimum Gasteiger partial charge on any atom is -0.411 e. The van der Waals surface area contributed by atoms with Crippen LogP contribution in [0.5, 0.6) is 0 Å². The van der Waals surface area contributed by atoms with Crippen LogP contribution in [0.2, 0.25) is 0 Å². The van der Waals surface area contributed by atoms with Crippen LogP contribution in [-0.4, -0.2) is 10.9 Å². The molecule has 1 N–H and O–H groups in total. The molecule has 14 heavy (non-hydrogen) atoms. The van der Waals surface area contributed by atoms with Crippen molar-refractivity contribution in [3.8, 4) is 0 Å². The second-order valence-electron chi connectivity index (χ2n) is 4.63. The van der Waals surface area contributed by atoms with E-state index in [-0.39, 0.29) is 0 Å². The number of rotatable bonds is 3. The number of nitrogens with zero attached hydrogens (tertiary/aromatic N) is 1. The lowest BCUT2D eigenvalue weighted by Crippen LogP contribution is -2.12. The number of hydrogen-bond acceptors (Lipinski definition) is 2. The maximum absolute atomic E-state index is 8.95. The Bertz CT molecular complexity index is 267. The number of oxime groups is 1. The van der Waals surface area contributed by atoms with Crippen molar-refractivity contribution in [2.24, 2.45) is 17.0 Å². The Morgan fingerprint density at radius 1 is 1.57 bits per heavy atom. The molecular weight excluding hydrogens is 174 g/mol. The highest BCUT2D eigenvalue weighted by Crippen LogP contribution is 2.41. The van der Waals surface area contributed by atoms with Gasteiger partial charge in [0.15, 0.2) is 0 Å². The van der Waals surface area contributed by atoms with E-state index in [0.717, 1.165) is 36.8 Å². The third-order valence-corrected chi connectivity index (χ3v) is 3.51. The van der Waals surface area contributed by atoms with Gasteiger partial charge in [-0.05, 0) is 49.5 Å². The molecule has 0 aromatic carbocycles. The molecule has 0 aromatic heterocycles. The third-order valence-electron chi connectivity index (χ3n) is 3.51. The van der Waals surface area contributed by atoms with E-state index in [9.17, 15) is 0 Å². The van der Waals surface area contributed by atoms with E-state index in [2.05, 4.69) is 18.2 Å². The van der Waals surface area contributed by atoms with Gasteiger partial charge in [-0.2, -0.15) is 0 Å². The molecule has 2 bridgehead atoms. The Kier molecular flexibility index (Phi) is 2.90. The van der Waals surface area contributed by atoms with Crippen LogP contribution in [0.25, 0.3) is 0 Å². The molecule has 0 aliphatic heterocycles. The van der Waals surface area contributed by atoms with Gasteiger partial charge in [-0.15, -0.1) is 0 Å². The molecule has 2 aliphatic carbocycles. The molecule has 2 rings (SSSR count). The van der Waals surface area contributed by atoms with E-state index in [1.54, 1.807) is 0 Å². The summed E-state index contributed by atoms with van der Waals surface area (Å²) in [6.07, 6.45) is 9.57. The van der Waals surface area contributed by atoms with Crippen LogP contribution in [0.1, 0.15) is 45.4 Å². The van der Waals surface area contributed by atoms with Crippen LogP contribution in [0.3, 0.4) is 0 Å². The van der Waals surface area contributed by atoms with E-state index in [4.69, 9.17) is 5.21 Å². The quantitative estimate of drug-likeness (QED) is 0.416. The SMILES string of the molecule is CCCC(=NO)C1=CC2CCC(C1)C2. The van der Waals surface area contributed by atoms with Gasteiger partial charge in [-0.3, -0.25) is 0 Å². The van der Waals surface area contributed by atoms with Crippen molar-refractivity contribution in [2.75, 3.05) is 0 Å². The summed E-state index contributed by atoms with van der Waals surface area (Å²) in [7, 11) is 0. The predicted molar refractivity (Wildman–Crippen MR) is 57.7 cm³/mol. The average Bonchev–Trinajstić information content (AvgIpc) is 2.54. The minimum absolute atomic E-state index is 0.775. The fourth-order valence-electron chi connectivity index (χ4n) is 2.84. The average molecular weight is 193 g/mol. The van der Waals surface area contributed by atoms with Gasteiger partial charge in [-0.1, -0.05) is 24.6 Å². The molecule has 2 atom stereocenters. The fourth-order valence-corrected chi connectivity index (χ4v) is 2.84. The van der Waals surface area contributed by atoms with Crippen molar-refractivity contribution in [1.29, 1.82) is 0 Å². The number of hydrogen-bond donors (Lipinski definition) is 1. The molecule has 78 valence electrons. The first-order valence-electron chi connectivity index (χ1n) is 5.75. The highest BCUT2D eigenvalue weighted by Gasteiger charge is 2.29. The first-order chi connectivity index (χ1) is 6.83. The second-order valence-corrected chi connectivity index (χ2v) is 4.63. The molecule has 0 aromatic rings. The molecule has 2 unspecified atom stereocenters. The minimum atomic E-state index is 0.775. The van der Waals surface area contributed by atoms with Gasteiger partial charge in [0.05, 0.1) is 5.71 Å². The summed E-state index contributed by atoms with van der Waals surface area (Å²) in [4.78, 5) is 0. The second kappa shape index (κ2) is 4.16. The predicted octanol–water partition coefficient (Wildman–Crippen LogP) is 3.36. The van der Waals surface area contributed by atoms with Gasteiger partial charge < -0.3 is 5.21 Å². The Labute approximate surface area is 85.7 Å². The standard InChI is InChI=1S/C12H19NO/c1-2-3-12(13-14)11-7-9-4-5-10(6-9)8-11/h7,9-10,14H,2-6,8H2,1H3. The first-order valence-corrected chi connectivity index (χ1v) is 5.75. The van der Waals surface area contributed by atoms with Crippen LogP contribution in [0, 0.1) is 11.8 Å². The van der Waals surface area contributed by atoms with Crippen LogP contribution in [-0.2, 0) is 0 Å². The molecule has 2 heteroatoms. The summed E-state index contributed by atoms with van der Waals surface area (Å²) >= 11 is 0. The monoisotopic (exact) mass is 193 g/mol. The summed E-state index contributed by atoms with van der Waals surface area (Å²) in [5.74, 6) is 1.64. The van der Waals surface area contributed by atoms with Crippen molar-refractivity contribution in [3.63, 3.8) is 0 Å². The van der Waals surface area contributed by atoms with Crippen molar-refractivity contribution in [2.45, 2.75) is 45.4 Å². The topological polar surface area (TPSA) is 32.6 Å². The maximum atomic E-state index is 8.95. The lowest BCUT2D eigenvalue weighted by molar-refractivity contribution is 0.317. The van der Waals surface area contributed by atoms with Crippen LogP contribution in [0.4, 0.5) is 0 Å². The zero-order valence-electron chi connectivity index (χ0n) is 8.87. The molecule has 1 fully saturated rings. The van der Waals surface area contributed by atoms with E-state index in [0.29, 0.717) is 0 Å². The molecule has 2 nitrogen and oxygen atoms in total. The summed E-state index contributed by atoms with van der Waals surface area (Å²) in [6.45, 7) is 2.13. The molecule has 0 radical (unpaired) electrons. The fraction of sp³-hybridized carbons (Fsp3) is 0.750. The smallest absolute Gasteiger partial charge is 0.0824 e. The highest BCUT2D eigenvalue weighted by molar-refractivity contribution is 5.99. The largest absolute Gasteiger partial charge is 0.411 e. The van der Waals surface area contributed by atoms with Gasteiger partial charge in [-0.25, -0.2) is 0 Å². The van der Waals surface area contributed by atoms with E-state index in [1.807, 2.05) is 0 Å². The highest BCUT2D eigenvalue weighted by atomic mass is 16.4. The first kappa shape index (κ1) is 9.75. The number of allylic oxidation sites excluding steroid dienone is 2. The van der Waals surface area contributed by atoms with Gasteiger partial charge in [0.1, 0.15) is 0 Å². The van der Waals surface area contributed by atoms with Gasteiger partial charge in [0, 0.05) is 0 Å². The Morgan fingerprint density at radius 2 is 2.43 bits per heavy atom. The Balaban J connectivity index is 2.10. The van der Waals surface area contributed by atoms with E-state index in [1.165, 1.54) is 24.8 Å². The summed E-state index contributed by atoms with van der Waals surface area (Å²) < 4.78 is 0. The molecule has 0 saturated heterocycles. The molecule has 0 spiro atoms. The van der Waals surface area contributed by atoms with Crippen molar-refractivity contribution >= 4 is 5.71 Å². The molecule has 0 amide bonds. The Morgan fingerprint density at radius 3 is 3.07 bits per heavy atom. The normalized spacial score (nSPS) is 31.8. The molecule has 1 saturated carbocycles. The summed E-state index contributed by atoms with van der Waals surface area (Å²) in [5, 5.41) is 12.4. The van der Waals surface area contributed by atoms with Crippen molar-refractivity contribution < 1.29 is 5.21 Å². The lowest BCUT2D eigenvalue weighted by atomic mass is 9.86. The summed E-state index contributed by atoms with van der Waals surface area (Å²) in [6, 6.07) is 0. The maximum Gasteiger partial charge on any atom is 0.0824 e. The van der Waals surface area contributed by atoms with Gasteiger partial charge >= 0.3 is 0 Å². The zero-order valence-corrected chi connectivity index (χ0v) is 8.87. The molecular formula is C12H19NO. The van der Waals surface area contributed by atoms with Crippen LogP contribution >= 0.6 is 0 Å². The Hall–Kier alpha value is -0.790. The van der Waals surface area contributed by atoms with Crippen LogP contribution in [0.15, 0.2) is 16.8 Å². The van der Waals surface area contributed by atoms with Gasteiger partial charge in [0.2, 0.25) is 0 Å². The van der Waals surface area contributed by atoms with Crippen molar-refractivity contribution in [3.05, 3.63) is 11.6 Å². The van der Waals surface area contributed by atoms with Crippen molar-refractivity contribution in [1.82, 2.24) is 0 Å². The lowest BCUT2D eigenvalue weighted by Gasteiger charge is -2.19. The molecule has 2 aliphatic rings. The molecule has 0 heterocycles. The van der Waals surface area contributed by atoms with Crippen LogP contribution < -0.4 is 0 Å².